The Bertz CT molecular complexity index is 949. The normalized spacial score (nSPS) is 15.4. The number of fused-ring (bicyclic) bond motifs is 1. The molecular weight excluding hydrogens is 400 g/mol. The third kappa shape index (κ3) is 4.07. The Morgan fingerprint density at radius 2 is 1.90 bits per heavy atom. The number of rotatable bonds is 6. The Balaban J connectivity index is 2.09. The zero-order valence-corrected chi connectivity index (χ0v) is 17.1. The van der Waals surface area contributed by atoms with Crippen molar-refractivity contribution in [1.82, 2.24) is 0 Å². The van der Waals surface area contributed by atoms with E-state index in [0.717, 1.165) is 11.1 Å². The second kappa shape index (κ2) is 8.57. The molecule has 0 saturated heterocycles. The van der Waals surface area contributed by atoms with Crippen molar-refractivity contribution in [2.75, 3.05) is 32.8 Å². The number of methoxy groups -OCH3 is 3. The first-order valence-electron chi connectivity index (χ1n) is 8.91. The fourth-order valence-corrected chi connectivity index (χ4v) is 3.90. The van der Waals surface area contributed by atoms with Crippen molar-refractivity contribution in [3.8, 4) is 11.5 Å². The predicted octanol–water partition coefficient (Wildman–Crippen LogP) is 3.93. The number of ether oxygens (including phenoxy) is 3. The third-order valence-corrected chi connectivity index (χ3v) is 5.34. The zero-order valence-electron chi connectivity index (χ0n) is 16.3. The van der Waals surface area contributed by atoms with E-state index in [1.807, 2.05) is 17.0 Å². The van der Waals surface area contributed by atoms with Crippen molar-refractivity contribution in [3.05, 3.63) is 56.6 Å². The number of nitro benzene ring substituents is 1. The number of carbonyl (C=O) groups excluding carboxylic acids is 1. The van der Waals surface area contributed by atoms with Crippen molar-refractivity contribution < 1.29 is 23.9 Å². The minimum atomic E-state index is -0.496. The number of carbonyl (C=O) groups is 1. The van der Waals surface area contributed by atoms with Crippen LogP contribution in [0.3, 0.4) is 0 Å². The van der Waals surface area contributed by atoms with Gasteiger partial charge in [0, 0.05) is 18.7 Å². The van der Waals surface area contributed by atoms with Crippen molar-refractivity contribution in [2.24, 2.45) is 0 Å². The lowest BCUT2D eigenvalue weighted by molar-refractivity contribution is -0.384. The number of hydrogen-bond acceptors (Lipinski definition) is 7. The van der Waals surface area contributed by atoms with Crippen molar-refractivity contribution in [1.29, 1.82) is 0 Å². The number of nitro groups is 1. The second-order valence-corrected chi connectivity index (χ2v) is 6.95. The molecule has 0 bridgehead atoms. The third-order valence-electron chi connectivity index (χ3n) is 5.04. The SMILES string of the molecule is COC(=O)C[C@@H]1c2cc(OC)c(OC)cc2CCN1c1ccc([N+](=O)[O-])cc1Cl. The summed E-state index contributed by atoms with van der Waals surface area (Å²) in [5, 5.41) is 11.3. The highest BCUT2D eigenvalue weighted by Crippen LogP contribution is 2.43. The Labute approximate surface area is 173 Å². The molecule has 8 nitrogen and oxygen atoms in total. The van der Waals surface area contributed by atoms with E-state index >= 15 is 0 Å². The van der Waals surface area contributed by atoms with Crippen LogP contribution >= 0.6 is 11.6 Å². The quantitative estimate of drug-likeness (QED) is 0.397. The molecule has 1 atom stereocenters. The molecular formula is C20H21ClN2O6. The van der Waals surface area contributed by atoms with Crippen molar-refractivity contribution in [3.63, 3.8) is 0 Å². The molecule has 29 heavy (non-hydrogen) atoms. The molecule has 0 spiro atoms. The highest BCUT2D eigenvalue weighted by atomic mass is 35.5. The number of halogens is 1. The molecule has 0 radical (unpaired) electrons. The maximum absolute atomic E-state index is 12.1. The van der Waals surface area contributed by atoms with Gasteiger partial charge in [-0.1, -0.05) is 11.6 Å². The van der Waals surface area contributed by atoms with Crippen LogP contribution in [0, 0.1) is 10.1 Å². The molecule has 0 N–H and O–H groups in total. The van der Waals surface area contributed by atoms with Crippen LogP contribution in [0.25, 0.3) is 0 Å². The Morgan fingerprint density at radius 1 is 1.21 bits per heavy atom. The topological polar surface area (TPSA) is 91.1 Å². The fraction of sp³-hybridized carbons (Fsp3) is 0.350. The molecule has 9 heteroatoms. The first-order chi connectivity index (χ1) is 13.9. The average Bonchev–Trinajstić information content (AvgIpc) is 2.72. The van der Waals surface area contributed by atoms with Crippen LogP contribution in [0.15, 0.2) is 30.3 Å². The van der Waals surface area contributed by atoms with Gasteiger partial charge in [0.25, 0.3) is 5.69 Å². The van der Waals surface area contributed by atoms with Crippen molar-refractivity contribution >= 4 is 28.9 Å². The number of benzene rings is 2. The van der Waals surface area contributed by atoms with Gasteiger partial charge in [-0.3, -0.25) is 14.9 Å². The van der Waals surface area contributed by atoms with Gasteiger partial charge in [-0.05, 0) is 35.7 Å². The lowest BCUT2D eigenvalue weighted by atomic mass is 9.89. The monoisotopic (exact) mass is 420 g/mol. The Hall–Kier alpha value is -3.00. The van der Waals surface area contributed by atoms with E-state index in [2.05, 4.69) is 0 Å². The van der Waals surface area contributed by atoms with E-state index in [-0.39, 0.29) is 29.1 Å². The molecule has 0 amide bonds. The van der Waals surface area contributed by atoms with Gasteiger partial charge in [0.1, 0.15) is 0 Å². The van der Waals surface area contributed by atoms with Gasteiger partial charge in [-0.25, -0.2) is 0 Å². The van der Waals surface area contributed by atoms with Crippen LogP contribution in [0.5, 0.6) is 11.5 Å². The summed E-state index contributed by atoms with van der Waals surface area (Å²) in [6, 6.07) is 7.72. The first-order valence-corrected chi connectivity index (χ1v) is 9.29. The molecule has 0 fully saturated rings. The Kier molecular flexibility index (Phi) is 6.12. The van der Waals surface area contributed by atoms with Crippen molar-refractivity contribution in [2.45, 2.75) is 18.9 Å². The molecule has 0 unspecified atom stereocenters. The van der Waals surface area contributed by atoms with Gasteiger partial charge >= 0.3 is 5.97 Å². The second-order valence-electron chi connectivity index (χ2n) is 6.54. The molecule has 0 saturated carbocycles. The van der Waals surface area contributed by atoms with Crippen LogP contribution in [-0.2, 0) is 16.0 Å². The summed E-state index contributed by atoms with van der Waals surface area (Å²) >= 11 is 6.37. The van der Waals surface area contributed by atoms with Gasteiger partial charge in [-0.2, -0.15) is 0 Å². The minimum Gasteiger partial charge on any atom is -0.493 e. The lowest BCUT2D eigenvalue weighted by Gasteiger charge is -2.39. The lowest BCUT2D eigenvalue weighted by Crippen LogP contribution is -2.37. The zero-order chi connectivity index (χ0) is 21.1. The van der Waals surface area contributed by atoms with Gasteiger partial charge in [0.2, 0.25) is 0 Å². The highest BCUT2D eigenvalue weighted by molar-refractivity contribution is 6.33. The van der Waals surface area contributed by atoms with Crippen LogP contribution in [-0.4, -0.2) is 38.8 Å². The predicted molar refractivity (Wildman–Crippen MR) is 108 cm³/mol. The number of esters is 1. The van der Waals surface area contributed by atoms with E-state index in [4.69, 9.17) is 25.8 Å². The molecule has 1 heterocycles. The molecule has 1 aliphatic rings. The van der Waals surface area contributed by atoms with Crippen LogP contribution in [0.1, 0.15) is 23.6 Å². The summed E-state index contributed by atoms with van der Waals surface area (Å²) in [6.07, 6.45) is 0.771. The van der Waals surface area contributed by atoms with Gasteiger partial charge < -0.3 is 19.1 Å². The highest BCUT2D eigenvalue weighted by Gasteiger charge is 2.32. The maximum atomic E-state index is 12.1. The number of non-ortho nitro benzene ring substituents is 1. The summed E-state index contributed by atoms with van der Waals surface area (Å²) in [6.45, 7) is 0.571. The molecule has 2 aromatic rings. The van der Waals surface area contributed by atoms with Gasteiger partial charge in [-0.15, -0.1) is 0 Å². The maximum Gasteiger partial charge on any atom is 0.307 e. The summed E-state index contributed by atoms with van der Waals surface area (Å²) in [5.41, 5.74) is 2.46. The number of nitrogens with zero attached hydrogens (tertiary/aromatic N) is 2. The van der Waals surface area contributed by atoms with Gasteiger partial charge in [0.05, 0.1) is 49.4 Å². The number of anilines is 1. The fourth-order valence-electron chi connectivity index (χ4n) is 3.62. The molecule has 1 aliphatic heterocycles. The van der Waals surface area contributed by atoms with E-state index in [1.54, 1.807) is 20.3 Å². The summed E-state index contributed by atoms with van der Waals surface area (Å²) in [5.74, 6) is 0.795. The summed E-state index contributed by atoms with van der Waals surface area (Å²) in [7, 11) is 4.46. The largest absolute Gasteiger partial charge is 0.493 e. The number of hydrogen-bond donors (Lipinski definition) is 0. The van der Waals surface area contributed by atoms with Crippen LogP contribution in [0.4, 0.5) is 11.4 Å². The molecule has 154 valence electrons. The van der Waals surface area contributed by atoms with Crippen LogP contribution in [0.2, 0.25) is 5.02 Å². The Morgan fingerprint density at radius 3 is 2.48 bits per heavy atom. The van der Waals surface area contributed by atoms with E-state index in [0.29, 0.717) is 30.2 Å². The van der Waals surface area contributed by atoms with Crippen LogP contribution < -0.4 is 14.4 Å². The summed E-state index contributed by atoms with van der Waals surface area (Å²) < 4.78 is 15.7. The van der Waals surface area contributed by atoms with E-state index in [9.17, 15) is 14.9 Å². The molecule has 0 aromatic heterocycles. The van der Waals surface area contributed by atoms with Gasteiger partial charge in [0.15, 0.2) is 11.5 Å². The first kappa shape index (κ1) is 20.7. The molecule has 2 aromatic carbocycles. The summed E-state index contributed by atoms with van der Waals surface area (Å²) in [4.78, 5) is 24.6. The van der Waals surface area contributed by atoms with E-state index < -0.39 is 4.92 Å². The molecule has 0 aliphatic carbocycles. The smallest absolute Gasteiger partial charge is 0.307 e. The average molecular weight is 421 g/mol. The van der Waals surface area contributed by atoms with E-state index in [1.165, 1.54) is 19.2 Å². The molecule has 3 rings (SSSR count). The minimum absolute atomic E-state index is 0.0896. The standard InChI is InChI=1S/C20H21ClN2O6/c1-27-18-8-12-6-7-22(16-5-4-13(23(25)26)9-15(16)21)17(11-20(24)29-3)14(12)10-19(18)28-2/h4-5,8-10,17H,6-7,11H2,1-3H3/t17-/m1/s1.